The average Bonchev–Trinajstić information content (AvgIpc) is 2.44. The molecule has 1 aliphatic carbocycles. The molecule has 5 nitrogen and oxygen atoms in total. The summed E-state index contributed by atoms with van der Waals surface area (Å²) < 4.78 is 5.26. The molecule has 0 radical (unpaired) electrons. The van der Waals surface area contributed by atoms with Crippen molar-refractivity contribution < 1.29 is 14.3 Å². The quantitative estimate of drug-likeness (QED) is 0.692. The van der Waals surface area contributed by atoms with Crippen LogP contribution in [0.5, 0.6) is 0 Å². The Morgan fingerprint density at radius 1 is 1.41 bits per heavy atom. The van der Waals surface area contributed by atoms with Crippen molar-refractivity contribution in [3.05, 3.63) is 0 Å². The van der Waals surface area contributed by atoms with Crippen LogP contribution in [0.15, 0.2) is 0 Å². The smallest absolute Gasteiger partial charge is 0.417 e. The van der Waals surface area contributed by atoms with E-state index in [0.717, 1.165) is 12.8 Å². The first-order valence-electron chi connectivity index (χ1n) is 6.11. The van der Waals surface area contributed by atoms with Crippen molar-refractivity contribution in [1.82, 2.24) is 4.90 Å². The van der Waals surface area contributed by atoms with Crippen molar-refractivity contribution in [2.75, 3.05) is 0 Å². The predicted molar refractivity (Wildman–Crippen MR) is 62.2 cm³/mol. The van der Waals surface area contributed by atoms with Crippen LogP contribution in [0.3, 0.4) is 0 Å². The van der Waals surface area contributed by atoms with E-state index in [1.807, 2.05) is 0 Å². The highest BCUT2D eigenvalue weighted by Gasteiger charge is 2.49. The van der Waals surface area contributed by atoms with Gasteiger partial charge in [-0.1, -0.05) is 0 Å². The molecule has 0 spiro atoms. The van der Waals surface area contributed by atoms with Gasteiger partial charge in [-0.25, -0.2) is 9.69 Å². The minimum absolute atomic E-state index is 0.0119. The van der Waals surface area contributed by atoms with Crippen LogP contribution in [0.2, 0.25) is 0 Å². The number of hydrogen-bond acceptors (Lipinski definition) is 4. The topological polar surface area (TPSA) is 72.6 Å². The summed E-state index contributed by atoms with van der Waals surface area (Å²) in [6, 6.07) is -0.117. The van der Waals surface area contributed by atoms with Crippen LogP contribution in [-0.2, 0) is 9.53 Å². The number of hydrogen-bond donors (Lipinski definition) is 1. The average molecular weight is 240 g/mol. The monoisotopic (exact) mass is 240 g/mol. The van der Waals surface area contributed by atoms with Crippen molar-refractivity contribution in [3.63, 3.8) is 0 Å². The second-order valence-corrected chi connectivity index (χ2v) is 5.93. The second kappa shape index (κ2) is 3.98. The zero-order valence-electron chi connectivity index (χ0n) is 10.6. The number of imide groups is 1. The van der Waals surface area contributed by atoms with Gasteiger partial charge in [0, 0.05) is 12.1 Å². The highest BCUT2D eigenvalue weighted by Crippen LogP contribution is 2.36. The molecule has 96 valence electrons. The van der Waals surface area contributed by atoms with Gasteiger partial charge in [0.15, 0.2) is 0 Å². The predicted octanol–water partition coefficient (Wildman–Crippen LogP) is 1.26. The van der Waals surface area contributed by atoms with Gasteiger partial charge in [0.25, 0.3) is 0 Å². The lowest BCUT2D eigenvalue weighted by atomic mass is 9.86. The Kier molecular flexibility index (Phi) is 2.89. The first-order chi connectivity index (χ1) is 7.79. The summed E-state index contributed by atoms with van der Waals surface area (Å²) in [6.07, 6.45) is 1.77. The molecule has 0 aromatic heterocycles. The van der Waals surface area contributed by atoms with Gasteiger partial charge in [-0.3, -0.25) is 4.79 Å². The lowest BCUT2D eigenvalue weighted by molar-refractivity contribution is -0.130. The van der Waals surface area contributed by atoms with Crippen LogP contribution in [-0.4, -0.2) is 34.6 Å². The SMILES string of the molecule is CC(C)(C)OC(=O)N1C(=O)C2CC1CCC2N. The molecule has 1 heterocycles. The Bertz CT molecular complexity index is 348. The number of carbonyl (C=O) groups is 2. The number of carbonyl (C=O) groups excluding carboxylic acids is 2. The molecule has 0 aromatic carbocycles. The summed E-state index contributed by atoms with van der Waals surface area (Å²) in [5.74, 6) is -0.351. The van der Waals surface area contributed by atoms with Gasteiger partial charge in [-0.15, -0.1) is 0 Å². The van der Waals surface area contributed by atoms with E-state index in [0.29, 0.717) is 6.42 Å². The number of rotatable bonds is 0. The minimum Gasteiger partial charge on any atom is -0.443 e. The molecule has 2 N–H and O–H groups in total. The highest BCUT2D eigenvalue weighted by atomic mass is 16.6. The van der Waals surface area contributed by atoms with Crippen molar-refractivity contribution in [2.24, 2.45) is 11.7 Å². The maximum absolute atomic E-state index is 12.1. The van der Waals surface area contributed by atoms with Gasteiger partial charge >= 0.3 is 6.09 Å². The van der Waals surface area contributed by atoms with Gasteiger partial charge in [0.2, 0.25) is 5.91 Å². The van der Waals surface area contributed by atoms with E-state index in [1.165, 1.54) is 4.90 Å². The number of nitrogens with two attached hydrogens (primary N) is 1. The van der Waals surface area contributed by atoms with Gasteiger partial charge in [0.1, 0.15) is 5.60 Å². The van der Waals surface area contributed by atoms with E-state index < -0.39 is 11.7 Å². The first-order valence-corrected chi connectivity index (χ1v) is 6.11. The molecule has 17 heavy (non-hydrogen) atoms. The molecular formula is C12H20N2O3. The number of fused-ring (bicyclic) bond motifs is 2. The van der Waals surface area contributed by atoms with Gasteiger partial charge in [0.05, 0.1) is 5.92 Å². The summed E-state index contributed by atoms with van der Waals surface area (Å²) in [6.45, 7) is 5.38. The molecule has 1 saturated heterocycles. The van der Waals surface area contributed by atoms with E-state index in [2.05, 4.69) is 0 Å². The molecule has 0 aromatic rings. The molecule has 3 unspecified atom stereocenters. The number of nitrogens with zero attached hydrogens (tertiary/aromatic N) is 1. The van der Waals surface area contributed by atoms with Crippen molar-refractivity contribution in [1.29, 1.82) is 0 Å². The summed E-state index contributed by atoms with van der Waals surface area (Å²) in [4.78, 5) is 25.3. The molecule has 2 bridgehead atoms. The lowest BCUT2D eigenvalue weighted by Gasteiger charge is -2.27. The van der Waals surface area contributed by atoms with Crippen LogP contribution in [0.1, 0.15) is 40.0 Å². The second-order valence-electron chi connectivity index (χ2n) is 5.93. The molecule has 2 aliphatic rings. The Hall–Kier alpha value is -1.10. The zero-order chi connectivity index (χ0) is 12.8. The summed E-state index contributed by atoms with van der Waals surface area (Å²) in [5, 5.41) is 0. The standard InChI is InChI=1S/C12H20N2O3/c1-12(2,3)17-11(16)14-7-4-5-9(13)8(6-7)10(14)15/h7-9H,4-6,13H2,1-3H3. The van der Waals surface area contributed by atoms with Gasteiger partial charge < -0.3 is 10.5 Å². The fraction of sp³-hybridized carbons (Fsp3) is 0.833. The normalized spacial score (nSPS) is 32.8. The third-order valence-electron chi connectivity index (χ3n) is 3.39. The van der Waals surface area contributed by atoms with Crippen molar-refractivity contribution in [2.45, 2.75) is 57.7 Å². The number of ether oxygens (including phenoxy) is 1. The summed E-state index contributed by atoms with van der Waals surface area (Å²) in [7, 11) is 0. The molecular weight excluding hydrogens is 220 g/mol. The maximum Gasteiger partial charge on any atom is 0.417 e. The summed E-state index contributed by atoms with van der Waals surface area (Å²) in [5.41, 5.74) is 5.32. The molecule has 5 heteroatoms. The molecule has 1 saturated carbocycles. The Labute approximate surface area is 101 Å². The molecule has 3 atom stereocenters. The van der Waals surface area contributed by atoms with Gasteiger partial charge in [-0.2, -0.15) is 0 Å². The van der Waals surface area contributed by atoms with E-state index >= 15 is 0 Å². The molecule has 2 fully saturated rings. The fourth-order valence-electron chi connectivity index (χ4n) is 2.60. The fourth-order valence-corrected chi connectivity index (χ4v) is 2.60. The van der Waals surface area contributed by atoms with Crippen LogP contribution in [0.25, 0.3) is 0 Å². The zero-order valence-corrected chi connectivity index (χ0v) is 10.6. The van der Waals surface area contributed by atoms with Gasteiger partial charge in [-0.05, 0) is 40.0 Å². The molecule has 2 amide bonds. The van der Waals surface area contributed by atoms with Crippen LogP contribution >= 0.6 is 0 Å². The largest absolute Gasteiger partial charge is 0.443 e. The number of amides is 2. The maximum atomic E-state index is 12.1. The van der Waals surface area contributed by atoms with Crippen LogP contribution < -0.4 is 5.73 Å². The van der Waals surface area contributed by atoms with E-state index in [-0.39, 0.29) is 23.9 Å². The Morgan fingerprint density at radius 3 is 2.59 bits per heavy atom. The van der Waals surface area contributed by atoms with Crippen LogP contribution in [0, 0.1) is 5.92 Å². The lowest BCUT2D eigenvalue weighted by Crippen LogP contribution is -2.42. The third-order valence-corrected chi connectivity index (χ3v) is 3.39. The Morgan fingerprint density at radius 2 is 2.06 bits per heavy atom. The van der Waals surface area contributed by atoms with E-state index in [9.17, 15) is 9.59 Å². The van der Waals surface area contributed by atoms with E-state index in [4.69, 9.17) is 10.5 Å². The highest BCUT2D eigenvalue weighted by molar-refractivity contribution is 5.96. The first kappa shape index (κ1) is 12.4. The van der Waals surface area contributed by atoms with Crippen molar-refractivity contribution >= 4 is 12.0 Å². The summed E-state index contributed by atoms with van der Waals surface area (Å²) >= 11 is 0. The number of likely N-dealkylation sites (tertiary alicyclic amines) is 1. The minimum atomic E-state index is -0.573. The molecule has 2 rings (SSSR count). The third kappa shape index (κ3) is 2.29. The Balaban J connectivity index is 2.12. The van der Waals surface area contributed by atoms with Crippen molar-refractivity contribution in [3.8, 4) is 0 Å². The molecule has 1 aliphatic heterocycles. The van der Waals surface area contributed by atoms with E-state index in [1.54, 1.807) is 20.8 Å². The van der Waals surface area contributed by atoms with Crippen LogP contribution in [0.4, 0.5) is 4.79 Å².